The van der Waals surface area contributed by atoms with Crippen LogP contribution in [0.25, 0.3) is 0 Å². The van der Waals surface area contributed by atoms with Crippen molar-refractivity contribution in [1.82, 2.24) is 19.3 Å². The van der Waals surface area contributed by atoms with Crippen LogP contribution in [-0.2, 0) is 31.3 Å². The average molecular weight is 528 g/mol. The molecule has 19 heteroatoms. The van der Waals surface area contributed by atoms with Gasteiger partial charge < -0.3 is 30.8 Å². The normalized spacial score (nSPS) is 18.1. The number of nitrogen functional groups attached to an aromatic ring is 1. The zero-order chi connectivity index (χ0) is 24.5. The molecule has 0 saturated carbocycles. The minimum absolute atomic E-state index is 0. The number of β-lactam (4-membered cyclic amide) rings is 1. The van der Waals surface area contributed by atoms with Gasteiger partial charge in [0.25, 0.3) is 11.8 Å². The van der Waals surface area contributed by atoms with Gasteiger partial charge in [0.2, 0.25) is 5.43 Å². The zero-order valence-electron chi connectivity index (χ0n) is 17.1. The van der Waals surface area contributed by atoms with Crippen LogP contribution in [0, 0.1) is 0 Å². The molecule has 15 nitrogen and oxygen atoms in total. The topological polar surface area (TPSA) is 230 Å². The van der Waals surface area contributed by atoms with Crippen LogP contribution >= 0.6 is 11.3 Å². The number of nitrogens with zero attached hydrogens (tertiary/aromatic N) is 4. The van der Waals surface area contributed by atoms with Gasteiger partial charge in [-0.3, -0.25) is 14.4 Å². The Bertz CT molecular complexity index is 1300. The number of aromatic nitrogens is 2. The number of aromatic hydroxyl groups is 1. The molecule has 0 aromatic carbocycles. The number of nitrogens with one attached hydrogen (secondary N) is 1. The molecule has 1 fully saturated rings. The van der Waals surface area contributed by atoms with Crippen molar-refractivity contribution in [2.24, 2.45) is 5.16 Å². The fourth-order valence-electron chi connectivity index (χ4n) is 2.74. The Morgan fingerprint density at radius 3 is 2.68 bits per heavy atom. The number of nitrogens with two attached hydrogens (primary N) is 1. The number of hydrogen-bond acceptors (Lipinski definition) is 13. The molecule has 178 valence electrons. The van der Waals surface area contributed by atoms with Crippen LogP contribution in [0.15, 0.2) is 27.6 Å². The summed E-state index contributed by atoms with van der Waals surface area (Å²) in [7, 11) is -5.28. The Hall–Kier alpha value is -2.77. The second-order valence-corrected chi connectivity index (χ2v) is 8.55. The molecule has 2 aromatic rings. The molecular weight excluding hydrogens is 514 g/mol. The molecule has 0 aliphatic carbocycles. The third-order valence-electron chi connectivity index (χ3n) is 4.29. The van der Waals surface area contributed by atoms with Gasteiger partial charge >= 0.3 is 29.6 Å². The van der Waals surface area contributed by atoms with Crippen molar-refractivity contribution < 1.29 is 71.7 Å². The SMILES string of the molecule is Nc1nc(/C(=N\OCc2cc(=O)c(O)cn2O)C(=O)NC2C(=O)N(S(=O)(=O)[O-])C2CF)cs1.[Na+]. The molecule has 1 saturated heterocycles. The second-order valence-electron chi connectivity index (χ2n) is 6.41. The third kappa shape index (κ3) is 5.65. The van der Waals surface area contributed by atoms with Crippen LogP contribution in [0.4, 0.5) is 9.52 Å². The van der Waals surface area contributed by atoms with Crippen molar-refractivity contribution in [2.75, 3.05) is 12.4 Å². The summed E-state index contributed by atoms with van der Waals surface area (Å²) in [6, 6.07) is -2.58. The van der Waals surface area contributed by atoms with E-state index in [-0.39, 0.29) is 50.4 Å². The smallest absolute Gasteiger partial charge is 0.731 e. The van der Waals surface area contributed by atoms with E-state index in [0.717, 1.165) is 17.4 Å². The summed E-state index contributed by atoms with van der Waals surface area (Å²) in [5.41, 5.74) is 3.85. The number of carbonyl (C=O) groups excluding carboxylic acids is 2. The van der Waals surface area contributed by atoms with Crippen molar-refractivity contribution in [3.05, 3.63) is 39.3 Å². The molecule has 0 spiro atoms. The quantitative estimate of drug-likeness (QED) is 0.0632. The Balaban J connectivity index is 0.00000408. The van der Waals surface area contributed by atoms with Gasteiger partial charge in [0.1, 0.15) is 30.1 Å². The van der Waals surface area contributed by atoms with Crippen LogP contribution in [0.2, 0.25) is 0 Å². The first-order valence-corrected chi connectivity index (χ1v) is 10.9. The van der Waals surface area contributed by atoms with E-state index in [1.165, 1.54) is 5.38 Å². The van der Waals surface area contributed by atoms with Crippen LogP contribution in [0.1, 0.15) is 11.4 Å². The minimum atomic E-state index is -5.28. The van der Waals surface area contributed by atoms with Crippen LogP contribution < -0.4 is 46.0 Å². The number of carbonyl (C=O) groups is 2. The molecular formula is C15H14FN6NaO9S2. The minimum Gasteiger partial charge on any atom is -0.731 e. The Kier molecular flexibility index (Phi) is 8.61. The van der Waals surface area contributed by atoms with Gasteiger partial charge in [0.05, 0.1) is 6.20 Å². The molecule has 2 aromatic heterocycles. The molecule has 1 aliphatic heterocycles. The van der Waals surface area contributed by atoms with Gasteiger partial charge in [-0.2, -0.15) is 4.73 Å². The summed E-state index contributed by atoms with van der Waals surface area (Å²) < 4.78 is 46.6. The van der Waals surface area contributed by atoms with Crippen molar-refractivity contribution in [2.45, 2.75) is 18.7 Å². The number of amides is 2. The van der Waals surface area contributed by atoms with E-state index in [9.17, 15) is 42.1 Å². The number of anilines is 1. The van der Waals surface area contributed by atoms with Gasteiger partial charge in [0, 0.05) is 11.4 Å². The summed E-state index contributed by atoms with van der Waals surface area (Å²) in [4.78, 5) is 44.9. The van der Waals surface area contributed by atoms with Gasteiger partial charge in [-0.05, 0) is 0 Å². The third-order valence-corrected chi connectivity index (χ3v) is 5.90. The standard InChI is InChI=1S/C15H15FN6O9S2.Na/c16-2-8-12(14(26)22(8)33(28,29)30)19-13(25)11(7-5-32-15(17)18-7)20-31-4-6-1-9(23)10(24)3-21(6)27;/h1,3,5,8,12,24,27H,2,4H2,(H2,17,18)(H,19,25)(H,28,29,30);/q;+1/p-1/b20-11+;. The van der Waals surface area contributed by atoms with E-state index in [1.807, 2.05) is 0 Å². The number of thiazole rings is 1. The maximum absolute atomic E-state index is 13.2. The van der Waals surface area contributed by atoms with Crippen LogP contribution in [0.5, 0.6) is 5.75 Å². The first kappa shape index (κ1) is 27.5. The molecule has 0 radical (unpaired) electrons. The predicted octanol–water partition coefficient (Wildman–Crippen LogP) is -5.12. The van der Waals surface area contributed by atoms with Crippen LogP contribution in [0.3, 0.4) is 0 Å². The molecule has 3 heterocycles. The Morgan fingerprint density at radius 2 is 2.12 bits per heavy atom. The number of oxime groups is 1. The molecule has 1 aliphatic rings. The first-order chi connectivity index (χ1) is 15.4. The van der Waals surface area contributed by atoms with E-state index in [2.05, 4.69) is 15.5 Å². The fourth-order valence-corrected chi connectivity index (χ4v) is 4.13. The second kappa shape index (κ2) is 10.7. The van der Waals surface area contributed by atoms with Gasteiger partial charge in [-0.15, -0.1) is 11.3 Å². The van der Waals surface area contributed by atoms with E-state index >= 15 is 0 Å². The maximum Gasteiger partial charge on any atom is 1.00 e. The monoisotopic (exact) mass is 528 g/mol. The fraction of sp³-hybridized carbons (Fsp3) is 0.267. The van der Waals surface area contributed by atoms with Crippen molar-refractivity contribution in [3.63, 3.8) is 0 Å². The van der Waals surface area contributed by atoms with Crippen molar-refractivity contribution in [1.29, 1.82) is 0 Å². The summed E-state index contributed by atoms with van der Waals surface area (Å²) in [5, 5.41) is 25.9. The maximum atomic E-state index is 13.2. The van der Waals surface area contributed by atoms with Crippen molar-refractivity contribution >= 4 is 44.3 Å². The number of rotatable bonds is 8. The van der Waals surface area contributed by atoms with E-state index in [0.29, 0.717) is 10.9 Å². The predicted molar refractivity (Wildman–Crippen MR) is 106 cm³/mol. The number of hydrogen-bond donors (Lipinski definition) is 4. The van der Waals surface area contributed by atoms with Gasteiger partial charge in [-0.1, -0.05) is 5.16 Å². The number of pyridine rings is 1. The summed E-state index contributed by atoms with van der Waals surface area (Å²) >= 11 is 0.915. The molecule has 34 heavy (non-hydrogen) atoms. The molecule has 2 atom stereocenters. The van der Waals surface area contributed by atoms with Crippen LogP contribution in [-0.4, -0.2) is 73.6 Å². The first-order valence-electron chi connectivity index (χ1n) is 8.65. The molecule has 2 amide bonds. The van der Waals surface area contributed by atoms with E-state index in [1.54, 1.807) is 0 Å². The Morgan fingerprint density at radius 1 is 1.44 bits per heavy atom. The van der Waals surface area contributed by atoms with Crippen molar-refractivity contribution in [3.8, 4) is 5.75 Å². The summed E-state index contributed by atoms with van der Waals surface area (Å²) in [5.74, 6) is -3.22. The van der Waals surface area contributed by atoms with E-state index < -0.39 is 64.4 Å². The number of halogens is 1. The number of alkyl halides is 1. The van der Waals surface area contributed by atoms with E-state index in [4.69, 9.17) is 10.6 Å². The van der Waals surface area contributed by atoms with Gasteiger partial charge in [0.15, 0.2) is 33.5 Å². The molecule has 5 N–H and O–H groups in total. The molecule has 0 bridgehead atoms. The zero-order valence-corrected chi connectivity index (χ0v) is 20.7. The average Bonchev–Trinajstić information content (AvgIpc) is 3.15. The molecule has 3 rings (SSSR count). The largest absolute Gasteiger partial charge is 1.00 e. The molecule has 2 unspecified atom stereocenters. The van der Waals surface area contributed by atoms with Gasteiger partial charge in [-0.25, -0.2) is 22.1 Å². The summed E-state index contributed by atoms with van der Waals surface area (Å²) in [6.07, 6.45) is 0.703. The Labute approximate surface area is 215 Å². The summed E-state index contributed by atoms with van der Waals surface area (Å²) in [6.45, 7) is -2.00.